The molecule has 6 aliphatic carbocycles. The Balaban J connectivity index is 1.32. The fraction of sp³-hybridized carbons (Fsp3) is 0.892. The molecule has 0 bridgehead atoms. The summed E-state index contributed by atoms with van der Waals surface area (Å²) in [6, 6.07) is 0. The molecule has 0 aromatic rings. The van der Waals surface area contributed by atoms with Crippen molar-refractivity contribution in [2.75, 3.05) is 6.61 Å². The minimum atomic E-state index is -0.592. The smallest absolute Gasteiger partial charge is 0.407 e. The highest BCUT2D eigenvalue weighted by atomic mass is 16.5. The molecule has 5 fully saturated rings. The van der Waals surface area contributed by atoms with Crippen molar-refractivity contribution in [3.63, 3.8) is 0 Å². The van der Waals surface area contributed by atoms with Crippen molar-refractivity contribution in [2.24, 2.45) is 51.2 Å². The van der Waals surface area contributed by atoms with Crippen LogP contribution in [-0.4, -0.2) is 35.2 Å². The van der Waals surface area contributed by atoms with E-state index in [1.54, 1.807) is 0 Å². The molecule has 5 saturated carbocycles. The second kappa shape index (κ2) is 10.3. The minimum Gasteiger partial charge on any atom is -0.449 e. The van der Waals surface area contributed by atoms with Gasteiger partial charge >= 0.3 is 6.09 Å². The van der Waals surface area contributed by atoms with E-state index in [4.69, 9.17) is 4.74 Å². The van der Waals surface area contributed by atoms with Gasteiger partial charge in [0, 0.05) is 6.42 Å². The van der Waals surface area contributed by atoms with Crippen LogP contribution in [0.5, 0.6) is 0 Å². The molecule has 236 valence electrons. The van der Waals surface area contributed by atoms with Gasteiger partial charge in [-0.2, -0.15) is 0 Å². The second-order valence-corrected chi connectivity index (χ2v) is 17.4. The zero-order chi connectivity index (χ0) is 30.3. The summed E-state index contributed by atoms with van der Waals surface area (Å²) in [4.78, 5) is 27.2. The van der Waals surface area contributed by atoms with E-state index in [-0.39, 0.29) is 45.6 Å². The first-order chi connectivity index (χ1) is 19.7. The van der Waals surface area contributed by atoms with Crippen LogP contribution >= 0.6 is 0 Å². The van der Waals surface area contributed by atoms with Crippen LogP contribution in [0.15, 0.2) is 11.1 Å². The molecule has 0 saturated heterocycles. The normalized spacial score (nSPS) is 45.1. The predicted octanol–water partition coefficient (Wildman–Crippen LogP) is 8.39. The van der Waals surface area contributed by atoms with Crippen LogP contribution in [0.3, 0.4) is 0 Å². The lowest BCUT2D eigenvalue weighted by atomic mass is 9.33. The highest BCUT2D eigenvalue weighted by Crippen LogP contribution is 2.75. The van der Waals surface area contributed by atoms with E-state index in [2.05, 4.69) is 53.8 Å². The van der Waals surface area contributed by atoms with Crippen LogP contribution in [0.2, 0.25) is 0 Å². The highest BCUT2D eigenvalue weighted by Gasteiger charge is 2.70. The summed E-state index contributed by atoms with van der Waals surface area (Å²) >= 11 is 0. The Morgan fingerprint density at radius 2 is 1.60 bits per heavy atom. The molecule has 0 heterocycles. The summed E-state index contributed by atoms with van der Waals surface area (Å²) in [7, 11) is 0. The van der Waals surface area contributed by atoms with Crippen molar-refractivity contribution in [1.29, 1.82) is 0 Å². The zero-order valence-corrected chi connectivity index (χ0v) is 27.7. The number of fused-ring (bicyclic) bond motifs is 7. The molecule has 0 radical (unpaired) electrons. The Kier molecular flexibility index (Phi) is 7.55. The van der Waals surface area contributed by atoms with Gasteiger partial charge in [0.05, 0.1) is 18.2 Å². The van der Waals surface area contributed by atoms with Crippen LogP contribution in [-0.2, 0) is 9.53 Å². The average Bonchev–Trinajstić information content (AvgIpc) is 3.22. The number of ether oxygens (including phenoxy) is 1. The van der Waals surface area contributed by atoms with Gasteiger partial charge in [0.1, 0.15) is 0 Å². The van der Waals surface area contributed by atoms with Gasteiger partial charge < -0.3 is 15.2 Å². The monoisotopic (exact) mass is 581 g/mol. The Bertz CT molecular complexity index is 1130. The van der Waals surface area contributed by atoms with Gasteiger partial charge in [0.2, 0.25) is 0 Å². The van der Waals surface area contributed by atoms with Crippen LogP contribution < -0.4 is 5.32 Å². The fourth-order valence-electron chi connectivity index (χ4n) is 12.5. The van der Waals surface area contributed by atoms with Crippen molar-refractivity contribution in [1.82, 2.24) is 5.32 Å². The Hall–Kier alpha value is -1.36. The van der Waals surface area contributed by atoms with E-state index < -0.39 is 5.54 Å². The first kappa shape index (κ1) is 30.7. The van der Waals surface area contributed by atoms with Crippen molar-refractivity contribution < 1.29 is 19.4 Å². The van der Waals surface area contributed by atoms with E-state index in [9.17, 15) is 14.7 Å². The first-order valence-electron chi connectivity index (χ1n) is 17.6. The van der Waals surface area contributed by atoms with E-state index in [1.165, 1.54) is 44.1 Å². The molecule has 5 nitrogen and oxygen atoms in total. The van der Waals surface area contributed by atoms with Crippen molar-refractivity contribution in [2.45, 2.75) is 150 Å². The number of hydrogen-bond donors (Lipinski definition) is 2. The van der Waals surface area contributed by atoms with E-state index in [0.29, 0.717) is 36.7 Å². The number of alkyl carbamates (subject to hydrolysis) is 1. The SMILES string of the molecule is CC(C)C1=C2C3CCC4[C@@]5(C)CC[C@H](O)C(C)(C)C5CC[C@@]4(C)[C@]3(C)CC[C@@]2(NC(=O)OCC2CCCCC2)CC1=O. The number of rotatable bonds is 4. The minimum absolute atomic E-state index is 0.0546. The largest absolute Gasteiger partial charge is 0.449 e. The second-order valence-electron chi connectivity index (χ2n) is 17.4. The number of aliphatic hydroxyl groups is 1. The molecule has 0 aliphatic heterocycles. The molecule has 42 heavy (non-hydrogen) atoms. The van der Waals surface area contributed by atoms with Gasteiger partial charge in [0.25, 0.3) is 0 Å². The molecule has 2 N–H and O–H groups in total. The molecule has 8 atom stereocenters. The van der Waals surface area contributed by atoms with Crippen LogP contribution in [0.25, 0.3) is 0 Å². The molecule has 0 spiro atoms. The number of hydrogen-bond acceptors (Lipinski definition) is 4. The predicted molar refractivity (Wildman–Crippen MR) is 167 cm³/mol. The summed E-state index contributed by atoms with van der Waals surface area (Å²) in [5.74, 6) is 2.31. The number of aliphatic hydroxyl groups excluding tert-OH is 1. The number of Topliss-reactive ketones (excluding diaryl/α,β-unsaturated/α-hetero) is 1. The van der Waals surface area contributed by atoms with Crippen LogP contribution in [0.4, 0.5) is 4.79 Å². The maximum atomic E-state index is 13.8. The topological polar surface area (TPSA) is 75.6 Å². The third-order valence-corrected chi connectivity index (χ3v) is 14.9. The van der Waals surface area contributed by atoms with E-state index in [1.807, 2.05) is 0 Å². The molecule has 1 amide bonds. The Morgan fingerprint density at radius 1 is 0.881 bits per heavy atom. The third-order valence-electron chi connectivity index (χ3n) is 14.9. The summed E-state index contributed by atoms with van der Waals surface area (Å²) in [6.45, 7) is 17.2. The maximum absolute atomic E-state index is 13.8. The maximum Gasteiger partial charge on any atom is 0.407 e. The number of ketones is 1. The quantitative estimate of drug-likeness (QED) is 0.350. The number of nitrogens with one attached hydrogen (secondary N) is 1. The molecule has 0 aromatic carbocycles. The fourth-order valence-corrected chi connectivity index (χ4v) is 12.5. The van der Waals surface area contributed by atoms with Gasteiger partial charge in [-0.15, -0.1) is 0 Å². The highest BCUT2D eigenvalue weighted by molar-refractivity contribution is 6.02. The molecular formula is C37H59NO4. The van der Waals surface area contributed by atoms with Gasteiger partial charge in [-0.1, -0.05) is 67.7 Å². The van der Waals surface area contributed by atoms with Gasteiger partial charge in [-0.05, 0) is 127 Å². The Labute approximate surface area is 255 Å². The first-order valence-corrected chi connectivity index (χ1v) is 17.6. The van der Waals surface area contributed by atoms with Crippen molar-refractivity contribution >= 4 is 11.9 Å². The van der Waals surface area contributed by atoms with Crippen molar-refractivity contribution in [3.05, 3.63) is 11.1 Å². The molecule has 0 aromatic heterocycles. The summed E-state index contributed by atoms with van der Waals surface area (Å²) < 4.78 is 5.88. The number of carbonyl (C=O) groups excluding carboxylic acids is 2. The molecule has 6 rings (SSSR count). The van der Waals surface area contributed by atoms with E-state index in [0.717, 1.165) is 50.5 Å². The van der Waals surface area contributed by atoms with E-state index >= 15 is 0 Å². The summed E-state index contributed by atoms with van der Waals surface area (Å²) in [5.41, 5.74) is 2.09. The van der Waals surface area contributed by atoms with Crippen molar-refractivity contribution in [3.8, 4) is 0 Å². The van der Waals surface area contributed by atoms with Gasteiger partial charge in [-0.25, -0.2) is 4.79 Å². The molecule has 6 aliphatic rings. The van der Waals surface area contributed by atoms with Crippen LogP contribution in [0.1, 0.15) is 138 Å². The lowest BCUT2D eigenvalue weighted by Gasteiger charge is -2.72. The molecular weight excluding hydrogens is 522 g/mol. The van der Waals surface area contributed by atoms with Gasteiger partial charge in [-0.3, -0.25) is 4.79 Å². The number of carbonyl (C=O) groups is 2. The lowest BCUT2D eigenvalue weighted by Crippen LogP contribution is -2.67. The summed E-state index contributed by atoms with van der Waals surface area (Å²) in [5, 5.41) is 14.4. The zero-order valence-electron chi connectivity index (χ0n) is 27.7. The Morgan fingerprint density at radius 3 is 2.29 bits per heavy atom. The van der Waals surface area contributed by atoms with Crippen LogP contribution in [0, 0.1) is 51.2 Å². The lowest BCUT2D eigenvalue weighted by molar-refractivity contribution is -0.226. The summed E-state index contributed by atoms with van der Waals surface area (Å²) in [6.07, 6.45) is 14.4. The average molecular weight is 582 g/mol. The molecule has 5 heteroatoms. The number of allylic oxidation sites excluding steroid dienone is 1. The standard InChI is InChI=1S/C37H59NO4/c1-23(2)30-26(39)21-37(38-32(41)42-22-24-11-9-8-10-12-24)20-19-35(6)25(31(30)37)13-14-28-34(5)17-16-29(40)33(3,4)27(34)15-18-36(28,35)7/h23-25,27-29,40H,8-22H2,1-7H3,(H,38,41)/t25?,27?,28?,29-,34-,35+,36+,37+/m0/s1. The molecule has 3 unspecified atom stereocenters. The third kappa shape index (κ3) is 4.31. The van der Waals surface area contributed by atoms with Gasteiger partial charge in [0.15, 0.2) is 5.78 Å². The number of amides is 1.